The summed E-state index contributed by atoms with van der Waals surface area (Å²) in [6.45, 7) is 0. The predicted octanol–water partition coefficient (Wildman–Crippen LogP) is 5.37. The third kappa shape index (κ3) is 5.49. The number of nitrogens with two attached hydrogens (primary N) is 1. The molecule has 0 saturated heterocycles. The smallest absolute Gasteiger partial charge is 0.366 e. The van der Waals surface area contributed by atoms with Crippen LogP contribution in [0, 0.1) is 11.3 Å². The number of primary amides is 1. The number of halogens is 8. The van der Waals surface area contributed by atoms with Gasteiger partial charge in [-0.15, -0.1) is 5.10 Å². The largest absolute Gasteiger partial charge is 0.416 e. The van der Waals surface area contributed by atoms with Crippen molar-refractivity contribution in [3.63, 3.8) is 0 Å². The zero-order valence-electron chi connectivity index (χ0n) is 16.3. The molecule has 3 aromatic rings. The second kappa shape index (κ2) is 7.25. The van der Waals surface area contributed by atoms with E-state index in [2.05, 4.69) is 15.1 Å². The SMILES string of the molecule is N#Cc1cc(/C(=C\n2cnc(-c3cc(C(F)(F)F)cc(S(F)(F)(F)(F)F)c3)n2)C(N)=O)ccn1. The van der Waals surface area contributed by atoms with E-state index in [0.29, 0.717) is 0 Å². The van der Waals surface area contributed by atoms with E-state index in [1.54, 1.807) is 6.07 Å². The first kappa shape index (κ1) is 24.6. The molecule has 34 heavy (non-hydrogen) atoms. The van der Waals surface area contributed by atoms with Crippen molar-refractivity contribution >= 4 is 27.9 Å². The van der Waals surface area contributed by atoms with Crippen LogP contribution in [0.15, 0.2) is 47.8 Å². The highest BCUT2D eigenvalue weighted by atomic mass is 32.5. The highest BCUT2D eigenvalue weighted by molar-refractivity contribution is 8.45. The first-order chi connectivity index (χ1) is 15.4. The normalized spacial score (nSPS) is 14.7. The Morgan fingerprint density at radius 2 is 1.76 bits per heavy atom. The maximum absolute atomic E-state index is 13.2. The summed E-state index contributed by atoms with van der Waals surface area (Å²) in [6, 6.07) is 3.49. The van der Waals surface area contributed by atoms with Crippen LogP contribution in [-0.2, 0) is 11.0 Å². The van der Waals surface area contributed by atoms with E-state index in [9.17, 15) is 37.4 Å². The van der Waals surface area contributed by atoms with Crippen molar-refractivity contribution in [2.45, 2.75) is 11.1 Å². The van der Waals surface area contributed by atoms with Gasteiger partial charge in [0.2, 0.25) is 0 Å². The number of hydrogen-bond acceptors (Lipinski definition) is 5. The first-order valence-electron chi connectivity index (χ1n) is 8.63. The molecule has 0 unspecified atom stereocenters. The Balaban J connectivity index is 2.14. The van der Waals surface area contributed by atoms with Crippen LogP contribution < -0.4 is 5.73 Å². The van der Waals surface area contributed by atoms with E-state index in [1.807, 2.05) is 0 Å². The van der Waals surface area contributed by atoms with Gasteiger partial charge in [0, 0.05) is 18.0 Å². The number of alkyl halides is 3. The minimum atomic E-state index is -10.5. The Morgan fingerprint density at radius 3 is 2.32 bits per heavy atom. The molecule has 0 spiro atoms. The lowest BCUT2D eigenvalue weighted by atomic mass is 10.1. The van der Waals surface area contributed by atoms with E-state index in [0.717, 1.165) is 17.2 Å². The van der Waals surface area contributed by atoms with Crippen molar-refractivity contribution in [2.75, 3.05) is 0 Å². The third-order valence-corrected chi connectivity index (χ3v) is 5.28. The molecular formula is C18H10F8N6OS. The Kier molecular flexibility index (Phi) is 5.25. The molecule has 0 saturated carbocycles. The van der Waals surface area contributed by atoms with Crippen LogP contribution in [-0.4, -0.2) is 25.7 Å². The summed E-state index contributed by atoms with van der Waals surface area (Å²) >= 11 is 0. The number of rotatable bonds is 5. The molecule has 0 atom stereocenters. The van der Waals surface area contributed by atoms with Crippen LogP contribution in [0.2, 0.25) is 0 Å². The van der Waals surface area contributed by atoms with E-state index < -0.39 is 50.2 Å². The Morgan fingerprint density at radius 1 is 1.09 bits per heavy atom. The summed E-state index contributed by atoms with van der Waals surface area (Å²) in [7, 11) is -10.5. The number of pyridine rings is 1. The van der Waals surface area contributed by atoms with Gasteiger partial charge in [0.15, 0.2) is 5.82 Å². The average molecular weight is 510 g/mol. The number of nitriles is 1. The van der Waals surface area contributed by atoms with Gasteiger partial charge in [0.05, 0.1) is 11.1 Å². The molecule has 7 nitrogen and oxygen atoms in total. The number of nitrogens with zero attached hydrogens (tertiary/aromatic N) is 5. The van der Waals surface area contributed by atoms with Crippen molar-refractivity contribution in [2.24, 2.45) is 5.73 Å². The molecular weight excluding hydrogens is 500 g/mol. The lowest BCUT2D eigenvalue weighted by Crippen LogP contribution is -2.14. The fourth-order valence-electron chi connectivity index (χ4n) is 2.66. The van der Waals surface area contributed by atoms with Crippen LogP contribution in [0.1, 0.15) is 16.8 Å². The zero-order valence-corrected chi connectivity index (χ0v) is 17.1. The minimum absolute atomic E-state index is 0.0866. The lowest BCUT2D eigenvalue weighted by Gasteiger charge is -2.40. The summed E-state index contributed by atoms with van der Waals surface area (Å²) in [5.41, 5.74) is 2.04. The quantitative estimate of drug-likeness (QED) is 0.367. The lowest BCUT2D eigenvalue weighted by molar-refractivity contribution is -0.137. The van der Waals surface area contributed by atoms with E-state index in [1.165, 1.54) is 18.3 Å². The predicted molar refractivity (Wildman–Crippen MR) is 104 cm³/mol. The van der Waals surface area contributed by atoms with Crippen molar-refractivity contribution in [1.82, 2.24) is 19.7 Å². The number of carbonyl (C=O) groups is 1. The summed E-state index contributed by atoms with van der Waals surface area (Å²) < 4.78 is 106. The van der Waals surface area contributed by atoms with Gasteiger partial charge in [-0.2, -0.15) is 18.4 Å². The molecule has 0 aliphatic rings. The zero-order chi connectivity index (χ0) is 25.6. The first-order valence-corrected chi connectivity index (χ1v) is 10.6. The van der Waals surface area contributed by atoms with Crippen LogP contribution in [0.25, 0.3) is 23.2 Å². The molecule has 1 aromatic carbocycles. The van der Waals surface area contributed by atoms with Gasteiger partial charge in [-0.1, -0.05) is 19.4 Å². The van der Waals surface area contributed by atoms with E-state index >= 15 is 0 Å². The number of benzene rings is 1. The molecule has 0 radical (unpaired) electrons. The molecule has 0 fully saturated rings. The molecule has 2 N–H and O–H groups in total. The van der Waals surface area contributed by atoms with Gasteiger partial charge in [0.25, 0.3) is 5.91 Å². The van der Waals surface area contributed by atoms with Gasteiger partial charge in [-0.05, 0) is 35.9 Å². The number of amides is 1. The maximum Gasteiger partial charge on any atom is 0.416 e. The van der Waals surface area contributed by atoms with Gasteiger partial charge in [0.1, 0.15) is 23.0 Å². The van der Waals surface area contributed by atoms with E-state index in [4.69, 9.17) is 11.0 Å². The van der Waals surface area contributed by atoms with Crippen molar-refractivity contribution in [3.8, 4) is 17.5 Å². The monoisotopic (exact) mass is 510 g/mol. The molecule has 2 aromatic heterocycles. The van der Waals surface area contributed by atoms with Crippen molar-refractivity contribution in [3.05, 3.63) is 59.7 Å². The topological polar surface area (TPSA) is 110 Å². The molecule has 0 aliphatic carbocycles. The minimum Gasteiger partial charge on any atom is -0.366 e. The van der Waals surface area contributed by atoms with Gasteiger partial charge >= 0.3 is 16.4 Å². The molecule has 2 heterocycles. The highest BCUT2D eigenvalue weighted by Crippen LogP contribution is 3.02. The molecule has 16 heteroatoms. The molecule has 0 bridgehead atoms. The summed E-state index contributed by atoms with van der Waals surface area (Å²) in [5, 5.41) is 12.5. The van der Waals surface area contributed by atoms with Crippen LogP contribution >= 0.6 is 10.2 Å². The van der Waals surface area contributed by atoms with Crippen LogP contribution in [0.3, 0.4) is 0 Å². The summed E-state index contributed by atoms with van der Waals surface area (Å²) in [4.78, 5) is 16.3. The van der Waals surface area contributed by atoms with Crippen molar-refractivity contribution in [1.29, 1.82) is 5.26 Å². The van der Waals surface area contributed by atoms with E-state index in [-0.39, 0.29) is 29.0 Å². The number of aromatic nitrogens is 4. The molecule has 0 aliphatic heterocycles. The third-order valence-electron chi connectivity index (χ3n) is 4.16. The summed E-state index contributed by atoms with van der Waals surface area (Å²) in [6.07, 6.45) is -2.48. The van der Waals surface area contributed by atoms with Crippen LogP contribution in [0.4, 0.5) is 32.6 Å². The standard InChI is InChI=1S/C18H10F8N6OS/c19-18(20,21)12-3-11(5-14(6-12)34(22,23,24,25)26)17-30-9-32(31-17)8-15(16(28)33)10-1-2-29-13(4-10)7-27/h1-6,8-9H,(H2,28,33)/b15-8+. The number of hydrogen-bond donors (Lipinski definition) is 1. The fraction of sp³-hybridized carbons (Fsp3) is 0.0556. The van der Waals surface area contributed by atoms with Gasteiger partial charge < -0.3 is 5.73 Å². The van der Waals surface area contributed by atoms with Gasteiger partial charge in [-0.25, -0.2) is 14.6 Å². The average Bonchev–Trinajstić information content (AvgIpc) is 3.18. The Labute approximate surface area is 184 Å². The number of carbonyl (C=O) groups excluding carboxylic acids is 1. The fourth-order valence-corrected chi connectivity index (χ4v) is 3.36. The Hall–Kier alpha value is -4.00. The maximum atomic E-state index is 13.2. The Bertz CT molecular complexity index is 1370. The molecule has 3 rings (SSSR count). The van der Waals surface area contributed by atoms with Crippen molar-refractivity contribution < 1.29 is 37.4 Å². The highest BCUT2D eigenvalue weighted by Gasteiger charge is 2.66. The second-order valence-corrected chi connectivity index (χ2v) is 9.12. The molecule has 180 valence electrons. The summed E-state index contributed by atoms with van der Waals surface area (Å²) in [5.74, 6) is -1.81. The van der Waals surface area contributed by atoms with Gasteiger partial charge in [-0.3, -0.25) is 4.79 Å². The molecule has 1 amide bonds. The second-order valence-electron chi connectivity index (χ2n) is 6.71. The van der Waals surface area contributed by atoms with Crippen LogP contribution in [0.5, 0.6) is 0 Å².